The molecule has 1 aliphatic heterocycles. The van der Waals surface area contributed by atoms with Crippen LogP contribution in [0, 0.1) is 31.6 Å². The number of hydrogen-bond acceptors (Lipinski definition) is 9. The Morgan fingerprint density at radius 1 is 0.948 bits per heavy atom. The normalized spacial score (nSPS) is 23.8. The van der Waals surface area contributed by atoms with Crippen molar-refractivity contribution in [1.82, 2.24) is 4.90 Å². The number of allylic oxidation sites excluding steroid dienone is 1. The van der Waals surface area contributed by atoms with Crippen LogP contribution in [0.4, 0.5) is 4.79 Å². The topological polar surface area (TPSA) is 119 Å². The molecule has 0 saturated heterocycles. The molecular weight excluding hydrogens is 733 g/mol. The Kier molecular flexibility index (Phi) is 14.9. The third kappa shape index (κ3) is 9.52. The number of ether oxygens (including phenoxy) is 4. The fourth-order valence-electron chi connectivity index (χ4n) is 8.92. The van der Waals surface area contributed by atoms with Gasteiger partial charge in [-0.2, -0.15) is 0 Å². The minimum Gasteiger partial charge on any atom is -0.459 e. The molecule has 3 aliphatic rings. The zero-order valence-electron chi connectivity index (χ0n) is 34.3. The van der Waals surface area contributed by atoms with Crippen LogP contribution in [0.2, 0.25) is 0 Å². The van der Waals surface area contributed by atoms with Gasteiger partial charge in [-0.05, 0) is 110 Å². The van der Waals surface area contributed by atoms with E-state index in [4.69, 9.17) is 28.9 Å². The Morgan fingerprint density at radius 2 is 1.69 bits per heavy atom. The molecule has 3 aromatic carbocycles. The highest BCUT2D eigenvalue weighted by molar-refractivity contribution is 6.02. The SMILES string of the molecule is C=CCCOC(=O)N(C)C1CC(=NOCc2ccccc2)C2=CC(CCCCO)C(CCCCO)C3c4cc(Oc5ccc(C)c(C)c5)ccc4OC1(OCC=C)C23. The highest BCUT2D eigenvalue weighted by Crippen LogP contribution is 2.62. The van der Waals surface area contributed by atoms with Crippen LogP contribution in [0.15, 0.2) is 109 Å². The van der Waals surface area contributed by atoms with Crippen LogP contribution in [0.5, 0.6) is 17.2 Å². The Hall–Kier alpha value is -4.90. The minimum absolute atomic E-state index is 0.0836. The van der Waals surface area contributed by atoms with Crippen molar-refractivity contribution in [1.29, 1.82) is 0 Å². The molecule has 1 heterocycles. The summed E-state index contributed by atoms with van der Waals surface area (Å²) in [6.07, 6.45) is 10.7. The second-order valence-corrected chi connectivity index (χ2v) is 15.7. The fourth-order valence-corrected chi connectivity index (χ4v) is 8.92. The van der Waals surface area contributed by atoms with Crippen molar-refractivity contribution < 1.29 is 38.8 Å². The van der Waals surface area contributed by atoms with E-state index in [0.717, 1.165) is 59.4 Å². The van der Waals surface area contributed by atoms with Crippen molar-refractivity contribution in [2.24, 2.45) is 22.9 Å². The standard InChI is InChI=1S/C48H60N2O8/c1-6-8-27-54-47(53)50(5)44-31-42(49-56-32-35-16-10-9-11-17-35)40-29-36(18-12-14-24-51)39(19-13-15-25-52)45-41-30-38(57-37-21-20-33(3)34(4)28-37)22-23-43(41)58-48(44,46(40)45)55-26-7-2/h6-7,9-11,16-17,20-23,28-30,36,39,44-46,51-52H,1-2,8,12-15,18-19,24-27,31-32H2,3-5H3. The van der Waals surface area contributed by atoms with Crippen LogP contribution in [0.3, 0.4) is 0 Å². The number of aliphatic hydroxyl groups is 2. The van der Waals surface area contributed by atoms with E-state index in [9.17, 15) is 15.0 Å². The quantitative estimate of drug-likeness (QED) is 0.0660. The number of unbranched alkanes of at least 4 members (excludes halogenated alkanes) is 2. The van der Waals surface area contributed by atoms with Crippen molar-refractivity contribution in [3.63, 3.8) is 0 Å². The second kappa shape index (κ2) is 20.2. The number of aliphatic hydroxyl groups excluding tert-OH is 2. The first-order chi connectivity index (χ1) is 28.2. The molecular formula is C48H60N2O8. The van der Waals surface area contributed by atoms with Crippen LogP contribution in [-0.2, 0) is 20.9 Å². The number of rotatable bonds is 20. The number of carbonyl (C=O) groups excluding carboxylic acids is 1. The van der Waals surface area contributed by atoms with E-state index in [1.165, 1.54) is 5.56 Å². The van der Waals surface area contributed by atoms with Crippen LogP contribution in [-0.4, -0.2) is 72.2 Å². The molecule has 1 fully saturated rings. The molecule has 310 valence electrons. The predicted molar refractivity (Wildman–Crippen MR) is 226 cm³/mol. The molecule has 10 heteroatoms. The smallest absolute Gasteiger partial charge is 0.409 e. The second-order valence-electron chi connectivity index (χ2n) is 15.7. The number of aryl methyl sites for hydroxylation is 2. The molecule has 1 amide bonds. The van der Waals surface area contributed by atoms with E-state index in [1.54, 1.807) is 24.1 Å². The number of nitrogens with zero attached hydrogens (tertiary/aromatic N) is 2. The first-order valence-corrected chi connectivity index (χ1v) is 20.7. The predicted octanol–water partition coefficient (Wildman–Crippen LogP) is 9.57. The minimum atomic E-state index is -1.37. The highest BCUT2D eigenvalue weighted by Gasteiger charge is 2.65. The molecule has 10 nitrogen and oxygen atoms in total. The van der Waals surface area contributed by atoms with E-state index in [-0.39, 0.29) is 57.2 Å². The summed E-state index contributed by atoms with van der Waals surface area (Å²) in [6.45, 7) is 12.8. The third-order valence-electron chi connectivity index (χ3n) is 11.9. The van der Waals surface area contributed by atoms with Crippen molar-refractivity contribution in [2.75, 3.05) is 33.5 Å². The number of likely N-dealkylation sites (N-methyl/N-ethyl adjacent to an activating group) is 1. The van der Waals surface area contributed by atoms with Crippen molar-refractivity contribution in [3.8, 4) is 17.2 Å². The molecule has 0 bridgehead atoms. The maximum absolute atomic E-state index is 13.9. The van der Waals surface area contributed by atoms with Crippen molar-refractivity contribution >= 4 is 11.8 Å². The van der Waals surface area contributed by atoms with Crippen LogP contribution < -0.4 is 9.47 Å². The summed E-state index contributed by atoms with van der Waals surface area (Å²) in [5.74, 6) is 0.277. The molecule has 3 aromatic rings. The monoisotopic (exact) mass is 792 g/mol. The zero-order chi connectivity index (χ0) is 41.1. The summed E-state index contributed by atoms with van der Waals surface area (Å²) in [5, 5.41) is 24.7. The number of oxime groups is 1. The third-order valence-corrected chi connectivity index (χ3v) is 11.9. The van der Waals surface area contributed by atoms with Gasteiger partial charge in [0.25, 0.3) is 0 Å². The lowest BCUT2D eigenvalue weighted by Gasteiger charge is -2.59. The average molecular weight is 793 g/mol. The van der Waals surface area contributed by atoms with Gasteiger partial charge in [-0.25, -0.2) is 4.79 Å². The summed E-state index contributed by atoms with van der Waals surface area (Å²) in [7, 11) is 1.73. The van der Waals surface area contributed by atoms with Crippen molar-refractivity contribution in [2.45, 2.75) is 89.6 Å². The van der Waals surface area contributed by atoms with Crippen LogP contribution in [0.1, 0.15) is 79.5 Å². The molecule has 0 aromatic heterocycles. The van der Waals surface area contributed by atoms with E-state index < -0.39 is 23.8 Å². The number of amides is 1. The molecule has 58 heavy (non-hydrogen) atoms. The van der Waals surface area contributed by atoms with Gasteiger partial charge in [0.2, 0.25) is 5.79 Å². The lowest BCUT2D eigenvalue weighted by atomic mass is 9.55. The number of hydrogen-bond donors (Lipinski definition) is 2. The number of benzene rings is 3. The van der Waals surface area contributed by atoms with E-state index >= 15 is 0 Å². The van der Waals surface area contributed by atoms with Gasteiger partial charge < -0.3 is 38.9 Å². The Balaban J connectivity index is 1.54. The van der Waals surface area contributed by atoms with Gasteiger partial charge in [0.1, 0.15) is 29.9 Å². The first-order valence-electron chi connectivity index (χ1n) is 20.7. The van der Waals surface area contributed by atoms with Gasteiger partial charge >= 0.3 is 6.09 Å². The Labute approximate surface area is 343 Å². The molecule has 0 radical (unpaired) electrons. The largest absolute Gasteiger partial charge is 0.459 e. The summed E-state index contributed by atoms with van der Waals surface area (Å²) < 4.78 is 26.5. The number of carbonyl (C=O) groups is 1. The summed E-state index contributed by atoms with van der Waals surface area (Å²) in [5.41, 5.74) is 5.98. The lowest BCUT2D eigenvalue weighted by Crippen LogP contribution is -2.69. The zero-order valence-corrected chi connectivity index (χ0v) is 34.3. The van der Waals surface area contributed by atoms with Gasteiger partial charge in [-0.15, -0.1) is 13.2 Å². The summed E-state index contributed by atoms with van der Waals surface area (Å²) in [6, 6.07) is 21.3. The lowest BCUT2D eigenvalue weighted by molar-refractivity contribution is -0.253. The molecule has 0 spiro atoms. The van der Waals surface area contributed by atoms with Gasteiger partial charge in [-0.3, -0.25) is 0 Å². The fraction of sp³-hybridized carbons (Fsp3) is 0.458. The van der Waals surface area contributed by atoms with Gasteiger partial charge in [0.15, 0.2) is 0 Å². The molecule has 2 aliphatic carbocycles. The molecule has 1 saturated carbocycles. The maximum atomic E-state index is 13.9. The summed E-state index contributed by atoms with van der Waals surface area (Å²) in [4.78, 5) is 21.6. The van der Waals surface area contributed by atoms with Crippen molar-refractivity contribution in [3.05, 3.63) is 126 Å². The molecule has 6 atom stereocenters. The van der Waals surface area contributed by atoms with Crippen LogP contribution in [0.25, 0.3) is 0 Å². The molecule has 6 rings (SSSR count). The van der Waals surface area contributed by atoms with Gasteiger partial charge in [0, 0.05) is 38.2 Å². The first kappa shape index (κ1) is 42.7. The van der Waals surface area contributed by atoms with E-state index in [0.29, 0.717) is 30.8 Å². The molecule has 6 unspecified atom stereocenters. The van der Waals surface area contributed by atoms with E-state index in [1.807, 2.05) is 54.6 Å². The maximum Gasteiger partial charge on any atom is 0.409 e. The Bertz CT molecular complexity index is 1930. The average Bonchev–Trinajstić information content (AvgIpc) is 3.23. The highest BCUT2D eigenvalue weighted by atomic mass is 16.7. The van der Waals surface area contributed by atoms with Gasteiger partial charge in [0.05, 0.1) is 24.8 Å². The molecule has 2 N–H and O–H groups in total. The summed E-state index contributed by atoms with van der Waals surface area (Å²) >= 11 is 0. The number of fused-ring (bicyclic) bond motifs is 2. The Morgan fingerprint density at radius 3 is 2.41 bits per heavy atom. The van der Waals surface area contributed by atoms with Crippen LogP contribution >= 0.6 is 0 Å². The van der Waals surface area contributed by atoms with Gasteiger partial charge in [-0.1, -0.05) is 72.6 Å². The van der Waals surface area contributed by atoms with E-state index in [2.05, 4.69) is 45.2 Å².